The molecule has 27 heavy (non-hydrogen) atoms. The van der Waals surface area contributed by atoms with E-state index in [1.165, 1.54) is 4.90 Å². The Morgan fingerprint density at radius 3 is 2.04 bits per heavy atom. The maximum Gasteiger partial charge on any atom is 0.352 e. The standard InChI is InChI=1S/C21H20NO4P/c1-13(23)18-16-12-17(19(21(25)26)22(16)20(18)24)27(14-8-4-2-5-9-14)15-10-6-3-7-11-15/h2-11,13,16,18,23H,12H2,1H3,(H,25,26)/t13-,16-,18-/m1/s1. The average molecular weight is 381 g/mol. The van der Waals surface area contributed by atoms with Crippen LogP contribution >= 0.6 is 7.92 Å². The maximum atomic E-state index is 12.5. The van der Waals surface area contributed by atoms with Gasteiger partial charge in [-0.2, -0.15) is 0 Å². The van der Waals surface area contributed by atoms with Gasteiger partial charge in [-0.25, -0.2) is 4.79 Å². The summed E-state index contributed by atoms with van der Waals surface area (Å²) in [6.07, 6.45) is -0.300. The lowest BCUT2D eigenvalue weighted by atomic mass is 9.83. The molecule has 0 saturated carbocycles. The molecule has 1 saturated heterocycles. The molecule has 1 amide bonds. The maximum absolute atomic E-state index is 12.5. The first kappa shape index (κ1) is 17.9. The van der Waals surface area contributed by atoms with Gasteiger partial charge in [0, 0.05) is 0 Å². The fourth-order valence-corrected chi connectivity index (χ4v) is 6.71. The SMILES string of the molecule is C[C@@H](O)[C@H]1C(=O)N2C(C(=O)O)=C(P(c3ccccc3)c3ccccc3)C[C@H]12. The molecule has 2 aromatic carbocycles. The van der Waals surface area contributed by atoms with Crippen LogP contribution in [0, 0.1) is 5.92 Å². The van der Waals surface area contributed by atoms with Gasteiger partial charge in [-0.05, 0) is 37.2 Å². The summed E-state index contributed by atoms with van der Waals surface area (Å²) in [5.41, 5.74) is 0.0979. The Balaban J connectivity index is 1.85. The van der Waals surface area contributed by atoms with Gasteiger partial charge in [-0.15, -0.1) is 0 Å². The summed E-state index contributed by atoms with van der Waals surface area (Å²) in [7, 11) is -1.07. The van der Waals surface area contributed by atoms with E-state index in [1.54, 1.807) is 6.92 Å². The number of nitrogens with zero attached hydrogens (tertiary/aromatic N) is 1. The Morgan fingerprint density at radius 1 is 1.07 bits per heavy atom. The zero-order chi connectivity index (χ0) is 19.1. The number of carbonyl (C=O) groups excluding carboxylic acids is 1. The van der Waals surface area contributed by atoms with Crippen molar-refractivity contribution in [1.29, 1.82) is 0 Å². The number of hydrogen-bond donors (Lipinski definition) is 2. The van der Waals surface area contributed by atoms with Crippen LogP contribution in [0.3, 0.4) is 0 Å². The van der Waals surface area contributed by atoms with E-state index in [0.717, 1.165) is 15.9 Å². The largest absolute Gasteiger partial charge is 0.477 e. The van der Waals surface area contributed by atoms with E-state index in [0.29, 0.717) is 6.42 Å². The minimum absolute atomic E-state index is 0.0979. The van der Waals surface area contributed by atoms with Crippen molar-refractivity contribution in [2.24, 2.45) is 5.92 Å². The fraction of sp³-hybridized carbons (Fsp3) is 0.238. The highest BCUT2D eigenvalue weighted by Gasteiger charge is 2.57. The molecule has 0 spiro atoms. The third kappa shape index (κ3) is 2.88. The lowest BCUT2D eigenvalue weighted by Gasteiger charge is -2.44. The Morgan fingerprint density at radius 2 is 1.59 bits per heavy atom. The number of fused-ring (bicyclic) bond motifs is 1. The second-order valence-electron chi connectivity index (χ2n) is 6.85. The second-order valence-corrected chi connectivity index (χ2v) is 9.10. The molecule has 2 aliphatic rings. The number of carboxylic acid groups (broad SMARTS) is 1. The second kappa shape index (κ2) is 6.91. The third-order valence-corrected chi connectivity index (χ3v) is 7.77. The van der Waals surface area contributed by atoms with Gasteiger partial charge < -0.3 is 15.1 Å². The number of β-lactam (4-membered cyclic amide) rings is 1. The van der Waals surface area contributed by atoms with Crippen molar-refractivity contribution in [3.8, 4) is 0 Å². The summed E-state index contributed by atoms with van der Waals surface area (Å²) >= 11 is 0. The van der Waals surface area contributed by atoms with Crippen molar-refractivity contribution in [1.82, 2.24) is 4.90 Å². The molecule has 0 bridgehead atoms. The minimum atomic E-state index is -1.08. The lowest BCUT2D eigenvalue weighted by Crippen LogP contribution is -2.61. The summed E-state index contributed by atoms with van der Waals surface area (Å²) in [6, 6.07) is 19.4. The number of carboxylic acids is 1. The molecule has 2 N–H and O–H groups in total. The van der Waals surface area contributed by atoms with E-state index in [4.69, 9.17) is 0 Å². The summed E-state index contributed by atoms with van der Waals surface area (Å²) in [5, 5.41) is 22.7. The van der Waals surface area contributed by atoms with Crippen LogP contribution in [-0.2, 0) is 9.59 Å². The van der Waals surface area contributed by atoms with Crippen molar-refractivity contribution >= 4 is 30.4 Å². The van der Waals surface area contributed by atoms with E-state index in [2.05, 4.69) is 0 Å². The Hall–Kier alpha value is -2.49. The van der Waals surface area contributed by atoms with Crippen molar-refractivity contribution in [2.75, 3.05) is 0 Å². The predicted molar refractivity (Wildman–Crippen MR) is 104 cm³/mol. The predicted octanol–water partition coefficient (Wildman–Crippen LogP) is 2.03. The minimum Gasteiger partial charge on any atom is -0.477 e. The third-order valence-electron chi connectivity index (χ3n) is 5.21. The molecule has 0 radical (unpaired) electrons. The van der Waals surface area contributed by atoms with Gasteiger partial charge in [0.05, 0.1) is 18.1 Å². The zero-order valence-electron chi connectivity index (χ0n) is 14.8. The summed E-state index contributed by atoms with van der Waals surface area (Å²) in [4.78, 5) is 26.0. The van der Waals surface area contributed by atoms with E-state index in [-0.39, 0.29) is 17.6 Å². The van der Waals surface area contributed by atoms with Crippen LogP contribution in [0.2, 0.25) is 0 Å². The van der Waals surface area contributed by atoms with Gasteiger partial charge in [0.15, 0.2) is 0 Å². The molecule has 0 unspecified atom stereocenters. The number of carbonyl (C=O) groups is 2. The van der Waals surface area contributed by atoms with Crippen LogP contribution in [0.15, 0.2) is 71.7 Å². The molecule has 138 valence electrons. The number of amides is 1. The van der Waals surface area contributed by atoms with Crippen molar-refractivity contribution in [3.63, 3.8) is 0 Å². The van der Waals surface area contributed by atoms with Crippen LogP contribution in [0.4, 0.5) is 0 Å². The first-order valence-corrected chi connectivity index (χ1v) is 10.2. The number of aliphatic hydroxyl groups excluding tert-OH is 1. The summed E-state index contributed by atoms with van der Waals surface area (Å²) < 4.78 is 0. The molecule has 2 aliphatic heterocycles. The van der Waals surface area contributed by atoms with E-state index < -0.39 is 25.9 Å². The highest BCUT2D eigenvalue weighted by Crippen LogP contribution is 2.55. The molecule has 0 aliphatic carbocycles. The monoisotopic (exact) mass is 381 g/mol. The van der Waals surface area contributed by atoms with Crippen LogP contribution in [0.1, 0.15) is 13.3 Å². The molecule has 6 heteroatoms. The van der Waals surface area contributed by atoms with Crippen molar-refractivity contribution in [2.45, 2.75) is 25.5 Å². The van der Waals surface area contributed by atoms with Crippen LogP contribution in [0.5, 0.6) is 0 Å². The Kier molecular flexibility index (Phi) is 4.58. The van der Waals surface area contributed by atoms with E-state index in [9.17, 15) is 19.8 Å². The quantitative estimate of drug-likeness (QED) is 0.614. The number of benzene rings is 2. The first-order valence-electron chi connectivity index (χ1n) is 8.88. The number of aliphatic carboxylic acids is 1. The smallest absolute Gasteiger partial charge is 0.352 e. The number of aliphatic hydroxyl groups is 1. The molecule has 3 atom stereocenters. The average Bonchev–Trinajstić information content (AvgIpc) is 2.98. The van der Waals surface area contributed by atoms with Gasteiger partial charge in [0.25, 0.3) is 0 Å². The molecule has 0 aromatic heterocycles. The Labute approximate surface area is 158 Å². The molecule has 2 aromatic rings. The van der Waals surface area contributed by atoms with Crippen LogP contribution < -0.4 is 10.6 Å². The van der Waals surface area contributed by atoms with Crippen molar-refractivity contribution < 1.29 is 19.8 Å². The number of hydrogen-bond acceptors (Lipinski definition) is 3. The molecule has 1 fully saturated rings. The summed E-state index contributed by atoms with van der Waals surface area (Å²) in [5.74, 6) is -1.90. The van der Waals surface area contributed by atoms with Gasteiger partial charge >= 0.3 is 5.97 Å². The Bertz CT molecular complexity index is 871. The van der Waals surface area contributed by atoms with Crippen molar-refractivity contribution in [3.05, 3.63) is 71.7 Å². The molecular weight excluding hydrogens is 361 g/mol. The van der Waals surface area contributed by atoms with Crippen LogP contribution in [0.25, 0.3) is 0 Å². The molecule has 2 heterocycles. The van der Waals surface area contributed by atoms with Gasteiger partial charge in [-0.3, -0.25) is 4.79 Å². The van der Waals surface area contributed by atoms with Gasteiger partial charge in [-0.1, -0.05) is 60.7 Å². The first-order chi connectivity index (χ1) is 13.0. The summed E-state index contributed by atoms with van der Waals surface area (Å²) in [6.45, 7) is 1.59. The fourth-order valence-electron chi connectivity index (χ4n) is 4.06. The topological polar surface area (TPSA) is 77.8 Å². The van der Waals surface area contributed by atoms with Crippen LogP contribution in [-0.4, -0.2) is 39.1 Å². The normalized spacial score (nSPS) is 22.6. The van der Waals surface area contributed by atoms with E-state index in [1.807, 2.05) is 60.7 Å². The molecule has 4 rings (SSSR count). The molecular formula is C21H20NO4P. The van der Waals surface area contributed by atoms with E-state index >= 15 is 0 Å². The zero-order valence-corrected chi connectivity index (χ0v) is 15.7. The lowest BCUT2D eigenvalue weighted by molar-refractivity contribution is -0.161. The highest BCUT2D eigenvalue weighted by molar-refractivity contribution is 7.76. The highest BCUT2D eigenvalue weighted by atomic mass is 31.1. The number of rotatable bonds is 5. The molecule has 5 nitrogen and oxygen atoms in total. The van der Waals surface area contributed by atoms with Gasteiger partial charge in [0.1, 0.15) is 5.70 Å². The van der Waals surface area contributed by atoms with Gasteiger partial charge in [0.2, 0.25) is 5.91 Å².